The maximum atomic E-state index is 7.38. The third-order valence-electron chi connectivity index (χ3n) is 1.23. The Morgan fingerprint density at radius 2 is 2.30 bits per heavy atom. The number of rotatable bonds is 0. The fraction of sp³-hybridized carbons (Fsp3) is 0.333. The van der Waals surface area contributed by atoms with E-state index in [0.717, 1.165) is 0 Å². The predicted molar refractivity (Wildman–Crippen MR) is 42.7 cm³/mol. The second kappa shape index (κ2) is 2.51. The quantitative estimate of drug-likeness (QED) is 0.505. The number of amidine groups is 1. The van der Waals surface area contributed by atoms with E-state index in [4.69, 9.17) is 5.41 Å². The summed E-state index contributed by atoms with van der Waals surface area (Å²) in [7, 11) is 1.61. The summed E-state index contributed by atoms with van der Waals surface area (Å²) in [5.41, 5.74) is 0.973. The van der Waals surface area contributed by atoms with Crippen LogP contribution in [-0.2, 0) is 0 Å². The van der Waals surface area contributed by atoms with Gasteiger partial charge in [-0.3, -0.25) is 10.4 Å². The Labute approximate surface area is 58.9 Å². The summed E-state index contributed by atoms with van der Waals surface area (Å²) >= 11 is 0. The zero-order chi connectivity index (χ0) is 7.56. The summed E-state index contributed by atoms with van der Waals surface area (Å²) in [6, 6.07) is 0. The fourth-order valence-corrected chi connectivity index (χ4v) is 0.631. The van der Waals surface area contributed by atoms with Crippen molar-refractivity contribution >= 4 is 23.6 Å². The minimum Gasteiger partial charge on any atom is -0.295 e. The minimum atomic E-state index is 0.310. The Morgan fingerprint density at radius 3 is 2.80 bits per heavy atom. The van der Waals surface area contributed by atoms with Crippen LogP contribution in [0.25, 0.3) is 0 Å². The molecule has 4 nitrogen and oxygen atoms in total. The van der Waals surface area contributed by atoms with Crippen LogP contribution in [0.5, 0.6) is 0 Å². The molecule has 0 atom stereocenters. The standard InChI is InChI=1S/C6H8N4/c1-4-5(7)6(8-2)10-3-9-4/h3,7H,1-2H3. The van der Waals surface area contributed by atoms with Crippen molar-refractivity contribution in [1.82, 2.24) is 0 Å². The van der Waals surface area contributed by atoms with Gasteiger partial charge in [-0.05, 0) is 6.92 Å². The van der Waals surface area contributed by atoms with Gasteiger partial charge in [0, 0.05) is 7.05 Å². The van der Waals surface area contributed by atoms with E-state index in [1.807, 2.05) is 0 Å². The highest BCUT2D eigenvalue weighted by molar-refractivity contribution is 6.68. The lowest BCUT2D eigenvalue weighted by molar-refractivity contribution is 1.40. The molecule has 4 heteroatoms. The molecule has 1 N–H and O–H groups in total. The van der Waals surface area contributed by atoms with Crippen molar-refractivity contribution in [3.8, 4) is 0 Å². The molecule has 1 aliphatic rings. The van der Waals surface area contributed by atoms with Gasteiger partial charge in [0.2, 0.25) is 0 Å². The molecule has 0 bridgehead atoms. The maximum Gasteiger partial charge on any atom is 0.175 e. The molecule has 0 amide bonds. The van der Waals surface area contributed by atoms with Crippen molar-refractivity contribution in [2.75, 3.05) is 7.05 Å². The second-order valence-electron chi connectivity index (χ2n) is 1.88. The van der Waals surface area contributed by atoms with Crippen LogP contribution in [0.3, 0.4) is 0 Å². The van der Waals surface area contributed by atoms with Gasteiger partial charge in [-0.25, -0.2) is 9.98 Å². The molecule has 0 saturated heterocycles. The summed E-state index contributed by atoms with van der Waals surface area (Å²) < 4.78 is 0. The molecule has 0 fully saturated rings. The highest BCUT2D eigenvalue weighted by Gasteiger charge is 2.10. The summed E-state index contributed by atoms with van der Waals surface area (Å²) in [5.74, 6) is 0.451. The number of hydrogen-bond acceptors (Lipinski definition) is 3. The van der Waals surface area contributed by atoms with Gasteiger partial charge in [0.25, 0.3) is 0 Å². The first-order chi connectivity index (χ1) is 4.75. The Hall–Kier alpha value is -1.32. The van der Waals surface area contributed by atoms with Gasteiger partial charge in [0.05, 0.1) is 5.71 Å². The molecule has 0 spiro atoms. The monoisotopic (exact) mass is 136 g/mol. The number of hydrogen-bond donors (Lipinski definition) is 1. The van der Waals surface area contributed by atoms with Crippen molar-refractivity contribution in [2.45, 2.75) is 6.92 Å². The molecule has 0 aromatic rings. The Morgan fingerprint density at radius 1 is 1.60 bits per heavy atom. The van der Waals surface area contributed by atoms with E-state index in [0.29, 0.717) is 17.3 Å². The first kappa shape index (κ1) is 6.80. The van der Waals surface area contributed by atoms with Crippen LogP contribution < -0.4 is 0 Å². The molecule has 10 heavy (non-hydrogen) atoms. The van der Waals surface area contributed by atoms with Crippen LogP contribution in [0.4, 0.5) is 0 Å². The van der Waals surface area contributed by atoms with Gasteiger partial charge < -0.3 is 0 Å². The van der Waals surface area contributed by atoms with E-state index in [1.54, 1.807) is 14.0 Å². The lowest BCUT2D eigenvalue weighted by Crippen LogP contribution is -2.22. The zero-order valence-corrected chi connectivity index (χ0v) is 5.92. The van der Waals surface area contributed by atoms with Gasteiger partial charge in [0.1, 0.15) is 12.1 Å². The van der Waals surface area contributed by atoms with Crippen molar-refractivity contribution in [1.29, 1.82) is 5.41 Å². The predicted octanol–water partition coefficient (Wildman–Crippen LogP) is 0.537. The lowest BCUT2D eigenvalue weighted by atomic mass is 10.2. The van der Waals surface area contributed by atoms with Crippen LogP contribution >= 0.6 is 0 Å². The minimum absolute atomic E-state index is 0.310. The third kappa shape index (κ3) is 1.00. The molecule has 0 aromatic carbocycles. The second-order valence-corrected chi connectivity index (χ2v) is 1.88. The number of aliphatic imine (C=N–C) groups is 3. The van der Waals surface area contributed by atoms with E-state index >= 15 is 0 Å². The molecule has 1 aliphatic heterocycles. The smallest absolute Gasteiger partial charge is 0.175 e. The summed E-state index contributed by atoms with van der Waals surface area (Å²) in [5, 5.41) is 7.38. The molecule has 1 heterocycles. The van der Waals surface area contributed by atoms with Crippen LogP contribution in [0.2, 0.25) is 0 Å². The average molecular weight is 136 g/mol. The van der Waals surface area contributed by atoms with E-state index < -0.39 is 0 Å². The maximum absolute atomic E-state index is 7.38. The Kier molecular flexibility index (Phi) is 1.71. The van der Waals surface area contributed by atoms with Crippen molar-refractivity contribution in [2.24, 2.45) is 15.0 Å². The third-order valence-corrected chi connectivity index (χ3v) is 1.23. The van der Waals surface area contributed by atoms with Crippen LogP contribution in [0.15, 0.2) is 15.0 Å². The number of nitrogens with one attached hydrogen (secondary N) is 1. The molecule has 0 unspecified atom stereocenters. The molecule has 0 aliphatic carbocycles. The van der Waals surface area contributed by atoms with Gasteiger partial charge in [-0.1, -0.05) is 0 Å². The Balaban J connectivity index is 3.00. The SMILES string of the molecule is CN=C1N=CN=C(C)C1=N. The van der Waals surface area contributed by atoms with Gasteiger partial charge in [-0.15, -0.1) is 0 Å². The summed E-state index contributed by atoms with van der Waals surface area (Å²) in [4.78, 5) is 11.4. The van der Waals surface area contributed by atoms with E-state index in [2.05, 4.69) is 15.0 Å². The summed E-state index contributed by atoms with van der Waals surface area (Å²) in [6.07, 6.45) is 1.41. The lowest BCUT2D eigenvalue weighted by Gasteiger charge is -2.04. The van der Waals surface area contributed by atoms with Gasteiger partial charge in [0.15, 0.2) is 5.84 Å². The van der Waals surface area contributed by atoms with Crippen LogP contribution in [-0.4, -0.2) is 30.6 Å². The molecule has 52 valence electrons. The van der Waals surface area contributed by atoms with Crippen molar-refractivity contribution in [3.05, 3.63) is 0 Å². The molecule has 1 rings (SSSR count). The molecule has 0 radical (unpaired) electrons. The molecular formula is C6H8N4. The van der Waals surface area contributed by atoms with Crippen molar-refractivity contribution in [3.63, 3.8) is 0 Å². The topological polar surface area (TPSA) is 60.9 Å². The average Bonchev–Trinajstić information content (AvgIpc) is 1.95. The summed E-state index contributed by atoms with van der Waals surface area (Å²) in [6.45, 7) is 1.76. The van der Waals surface area contributed by atoms with Gasteiger partial charge >= 0.3 is 0 Å². The molecule has 0 aromatic heterocycles. The fourth-order valence-electron chi connectivity index (χ4n) is 0.631. The van der Waals surface area contributed by atoms with Crippen molar-refractivity contribution < 1.29 is 0 Å². The first-order valence-corrected chi connectivity index (χ1v) is 2.88. The van der Waals surface area contributed by atoms with Crippen LogP contribution in [0.1, 0.15) is 6.92 Å². The largest absolute Gasteiger partial charge is 0.295 e. The van der Waals surface area contributed by atoms with E-state index in [9.17, 15) is 0 Å². The first-order valence-electron chi connectivity index (χ1n) is 2.88. The normalized spacial score (nSPS) is 21.6. The highest BCUT2D eigenvalue weighted by atomic mass is 15.0. The van der Waals surface area contributed by atoms with Gasteiger partial charge in [-0.2, -0.15) is 0 Å². The van der Waals surface area contributed by atoms with Crippen LogP contribution in [0, 0.1) is 5.41 Å². The molecular weight excluding hydrogens is 128 g/mol. The zero-order valence-electron chi connectivity index (χ0n) is 5.92. The number of nitrogens with zero attached hydrogens (tertiary/aromatic N) is 3. The Bertz CT molecular complexity index is 246. The van der Waals surface area contributed by atoms with E-state index in [1.165, 1.54) is 6.34 Å². The molecule has 0 saturated carbocycles. The van der Waals surface area contributed by atoms with E-state index in [-0.39, 0.29) is 0 Å². The highest BCUT2D eigenvalue weighted by Crippen LogP contribution is 1.93.